The van der Waals surface area contributed by atoms with Gasteiger partial charge in [-0.1, -0.05) is 44.9 Å². The zero-order valence-corrected chi connectivity index (χ0v) is 15.7. The Balaban J connectivity index is 2.76. The fraction of sp³-hybridized carbons (Fsp3) is 0.938. The van der Waals surface area contributed by atoms with E-state index in [-0.39, 0.29) is 12.5 Å². The molecule has 1 fully saturated rings. The van der Waals surface area contributed by atoms with Crippen molar-refractivity contribution in [3.63, 3.8) is 0 Å². The third-order valence-electron chi connectivity index (χ3n) is 4.88. The summed E-state index contributed by atoms with van der Waals surface area (Å²) < 4.78 is 4.59. The van der Waals surface area contributed by atoms with E-state index >= 15 is 0 Å². The average molecular weight is 331 g/mol. The molecule has 0 unspecified atom stereocenters. The zero-order valence-electron chi connectivity index (χ0n) is 14.7. The van der Waals surface area contributed by atoms with Crippen molar-refractivity contribution < 1.29 is 14.6 Å². The average Bonchev–Trinajstić information content (AvgIpc) is 2.49. The Morgan fingerprint density at radius 3 is 2.45 bits per heavy atom. The van der Waals surface area contributed by atoms with E-state index in [4.69, 9.17) is 5.73 Å². The number of ether oxygens (including phenoxy) is 1. The zero-order chi connectivity index (χ0) is 16.8. The van der Waals surface area contributed by atoms with Crippen LogP contribution < -0.4 is 11.1 Å². The fourth-order valence-electron chi connectivity index (χ4n) is 3.31. The van der Waals surface area contributed by atoms with Crippen molar-refractivity contribution in [1.82, 2.24) is 5.32 Å². The molecule has 0 radical (unpaired) electrons. The van der Waals surface area contributed by atoms with E-state index < -0.39 is 25.8 Å². The summed E-state index contributed by atoms with van der Waals surface area (Å²) in [7, 11) is 0.0771. The van der Waals surface area contributed by atoms with Gasteiger partial charge in [-0.25, -0.2) is 4.79 Å². The maximum Gasteiger partial charge on any atom is 0.406 e. The number of methoxy groups -OCH3 is 1. The Kier molecular flexibility index (Phi) is 7.35. The second-order valence-corrected chi connectivity index (χ2v) is 13.5. The molecular weight excluding hydrogens is 296 g/mol. The molecule has 6 heteroatoms. The first-order valence-corrected chi connectivity index (χ1v) is 12.2. The molecule has 1 rings (SSSR count). The summed E-state index contributed by atoms with van der Waals surface area (Å²) in [6, 6.07) is 0.595. The molecule has 2 atom stereocenters. The molecule has 0 aromatic carbocycles. The molecule has 130 valence electrons. The third-order valence-corrected chi connectivity index (χ3v) is 6.63. The highest BCUT2D eigenvalue weighted by atomic mass is 28.3. The van der Waals surface area contributed by atoms with Crippen molar-refractivity contribution in [2.75, 3.05) is 13.7 Å². The molecule has 0 bridgehead atoms. The number of amides is 1. The topological polar surface area (TPSA) is 84.6 Å². The van der Waals surface area contributed by atoms with Crippen LogP contribution in [0, 0.1) is 5.92 Å². The Bertz CT molecular complexity index is 354. The third kappa shape index (κ3) is 5.89. The standard InChI is InChI=1S/C16H34N2O3Si/c1-21-15(19)18-12-14(17)16(20,10-11-22(2,3)4)13-8-6-5-7-9-13/h13-14,20H,5-12,17H2,1-4H3,(H,18,19)/t14-,16-/m1/s1. The van der Waals surface area contributed by atoms with Crippen LogP contribution in [0.25, 0.3) is 0 Å². The molecule has 5 nitrogen and oxygen atoms in total. The van der Waals surface area contributed by atoms with Crippen molar-refractivity contribution in [2.24, 2.45) is 11.7 Å². The van der Waals surface area contributed by atoms with E-state index in [0.29, 0.717) is 0 Å². The van der Waals surface area contributed by atoms with Crippen LogP contribution in [0.15, 0.2) is 0 Å². The van der Waals surface area contributed by atoms with Crippen molar-refractivity contribution in [1.29, 1.82) is 0 Å². The van der Waals surface area contributed by atoms with Crippen LogP contribution in [0.3, 0.4) is 0 Å². The number of hydrogen-bond acceptors (Lipinski definition) is 4. The first-order valence-electron chi connectivity index (χ1n) is 8.49. The van der Waals surface area contributed by atoms with Crippen LogP contribution in [-0.2, 0) is 4.74 Å². The van der Waals surface area contributed by atoms with Crippen molar-refractivity contribution in [2.45, 2.75) is 75.9 Å². The van der Waals surface area contributed by atoms with E-state index in [0.717, 1.165) is 38.1 Å². The molecule has 0 aliphatic heterocycles. The quantitative estimate of drug-likeness (QED) is 0.627. The molecule has 0 saturated heterocycles. The minimum Gasteiger partial charge on any atom is -0.453 e. The molecule has 4 N–H and O–H groups in total. The molecule has 0 aromatic heterocycles. The summed E-state index contributed by atoms with van der Waals surface area (Å²) in [6.45, 7) is 7.19. The van der Waals surface area contributed by atoms with Gasteiger partial charge in [-0.3, -0.25) is 0 Å². The Morgan fingerprint density at radius 1 is 1.36 bits per heavy atom. The predicted octanol–water partition coefficient (Wildman–Crippen LogP) is 2.71. The lowest BCUT2D eigenvalue weighted by molar-refractivity contribution is -0.0564. The number of nitrogens with one attached hydrogen (secondary N) is 1. The number of carbonyl (C=O) groups excluding carboxylic acids is 1. The van der Waals surface area contributed by atoms with E-state index in [2.05, 4.69) is 29.7 Å². The SMILES string of the molecule is COC(=O)NC[C@@H](N)[C@@](O)(CC[Si](C)(C)C)C1CCCCC1. The lowest BCUT2D eigenvalue weighted by Crippen LogP contribution is -2.58. The summed E-state index contributed by atoms with van der Waals surface area (Å²) in [5.41, 5.74) is 5.42. The molecular formula is C16H34N2O3Si. The van der Waals surface area contributed by atoms with Gasteiger partial charge in [-0.05, 0) is 25.2 Å². The monoisotopic (exact) mass is 330 g/mol. The second kappa shape index (κ2) is 8.31. The van der Waals surface area contributed by atoms with Crippen LogP contribution >= 0.6 is 0 Å². The van der Waals surface area contributed by atoms with Gasteiger partial charge in [0, 0.05) is 14.6 Å². The molecule has 1 saturated carbocycles. The molecule has 0 aromatic rings. The molecule has 1 aliphatic carbocycles. The summed E-state index contributed by atoms with van der Waals surface area (Å²) in [6.07, 6.45) is 5.89. The smallest absolute Gasteiger partial charge is 0.406 e. The maximum atomic E-state index is 11.4. The second-order valence-electron chi connectivity index (χ2n) is 7.87. The summed E-state index contributed by atoms with van der Waals surface area (Å²) in [4.78, 5) is 11.3. The normalized spacial score (nSPS) is 21.0. The van der Waals surface area contributed by atoms with Crippen LogP contribution in [0.2, 0.25) is 25.7 Å². The van der Waals surface area contributed by atoms with Crippen LogP contribution in [0.5, 0.6) is 0 Å². The molecule has 1 amide bonds. The Labute approximate surface area is 136 Å². The van der Waals surface area contributed by atoms with Crippen LogP contribution in [0.1, 0.15) is 38.5 Å². The van der Waals surface area contributed by atoms with E-state index in [9.17, 15) is 9.90 Å². The van der Waals surface area contributed by atoms with E-state index in [1.54, 1.807) is 0 Å². The minimum absolute atomic E-state index is 0.243. The van der Waals surface area contributed by atoms with Crippen LogP contribution in [0.4, 0.5) is 4.79 Å². The number of hydrogen-bond donors (Lipinski definition) is 3. The van der Waals surface area contributed by atoms with Gasteiger partial charge in [0.2, 0.25) is 0 Å². The highest BCUT2D eigenvalue weighted by molar-refractivity contribution is 6.76. The predicted molar refractivity (Wildman–Crippen MR) is 92.7 cm³/mol. The Morgan fingerprint density at radius 2 is 1.95 bits per heavy atom. The van der Waals surface area contributed by atoms with Gasteiger partial charge < -0.3 is 20.9 Å². The van der Waals surface area contributed by atoms with E-state index in [1.807, 2.05) is 0 Å². The Hall–Kier alpha value is -0.593. The van der Waals surface area contributed by atoms with Gasteiger partial charge in [0.1, 0.15) is 0 Å². The minimum atomic E-state index is -1.26. The lowest BCUT2D eigenvalue weighted by atomic mass is 9.72. The van der Waals surface area contributed by atoms with Crippen molar-refractivity contribution in [3.05, 3.63) is 0 Å². The maximum absolute atomic E-state index is 11.4. The highest BCUT2D eigenvalue weighted by Gasteiger charge is 2.42. The summed E-state index contributed by atoms with van der Waals surface area (Å²) in [5.74, 6) is 0.243. The number of alkyl carbamates (subject to hydrolysis) is 1. The molecule has 22 heavy (non-hydrogen) atoms. The first kappa shape index (κ1) is 19.5. The van der Waals surface area contributed by atoms with Gasteiger partial charge in [-0.2, -0.15) is 0 Å². The van der Waals surface area contributed by atoms with Gasteiger partial charge in [0.15, 0.2) is 0 Å². The van der Waals surface area contributed by atoms with Gasteiger partial charge in [0.05, 0.1) is 18.8 Å². The van der Waals surface area contributed by atoms with Crippen LogP contribution in [-0.4, -0.2) is 44.6 Å². The van der Waals surface area contributed by atoms with Crippen molar-refractivity contribution >= 4 is 14.2 Å². The summed E-state index contributed by atoms with van der Waals surface area (Å²) in [5, 5.41) is 14.0. The molecule has 1 aliphatic rings. The lowest BCUT2D eigenvalue weighted by Gasteiger charge is -2.43. The molecule has 0 spiro atoms. The molecule has 0 heterocycles. The van der Waals surface area contributed by atoms with E-state index in [1.165, 1.54) is 13.5 Å². The van der Waals surface area contributed by atoms with Gasteiger partial charge in [0.25, 0.3) is 0 Å². The summed E-state index contributed by atoms with van der Waals surface area (Å²) >= 11 is 0. The fourth-order valence-corrected chi connectivity index (χ4v) is 4.46. The van der Waals surface area contributed by atoms with Gasteiger partial charge >= 0.3 is 6.09 Å². The number of rotatable bonds is 7. The van der Waals surface area contributed by atoms with Gasteiger partial charge in [-0.15, -0.1) is 0 Å². The number of carbonyl (C=O) groups is 1. The number of aliphatic hydroxyl groups is 1. The number of nitrogens with two attached hydrogens (primary N) is 1. The van der Waals surface area contributed by atoms with Crippen molar-refractivity contribution in [3.8, 4) is 0 Å². The first-order chi connectivity index (χ1) is 10.2. The largest absolute Gasteiger partial charge is 0.453 e. The highest BCUT2D eigenvalue weighted by Crippen LogP contribution is 2.38.